The van der Waals surface area contributed by atoms with E-state index in [2.05, 4.69) is 23.2 Å². The number of hydrogen-bond acceptors (Lipinski definition) is 2. The summed E-state index contributed by atoms with van der Waals surface area (Å²) in [7, 11) is 0. The van der Waals surface area contributed by atoms with E-state index >= 15 is 0 Å². The van der Waals surface area contributed by atoms with E-state index in [0.29, 0.717) is 6.54 Å². The second-order valence-electron chi connectivity index (χ2n) is 4.57. The third-order valence-corrected chi connectivity index (χ3v) is 3.36. The number of hydrogen-bond donors (Lipinski definition) is 0. The minimum absolute atomic E-state index is 0.155. The van der Waals surface area contributed by atoms with E-state index in [1.165, 1.54) is 11.1 Å². The number of rotatable bonds is 2. The summed E-state index contributed by atoms with van der Waals surface area (Å²) >= 11 is 0. The van der Waals surface area contributed by atoms with Crippen molar-refractivity contribution in [3.63, 3.8) is 0 Å². The van der Waals surface area contributed by atoms with Crippen molar-refractivity contribution in [2.45, 2.75) is 19.5 Å². The largest absolute Gasteiger partial charge is 0.336 e. The molecule has 1 aliphatic rings. The Morgan fingerprint density at radius 3 is 2.89 bits per heavy atom. The molecule has 0 fully saturated rings. The maximum absolute atomic E-state index is 12.2. The van der Waals surface area contributed by atoms with Gasteiger partial charge in [0.15, 0.2) is 0 Å². The minimum Gasteiger partial charge on any atom is -0.336 e. The Hall–Kier alpha value is -2.10. The standard InChI is InChI=1S/C14H15N3O/c18-14(10-16-8-6-15-11-16)17-7-5-12-3-1-2-4-13(12)9-17/h1-4,6,8,11H,5,7,9-10H2. The van der Waals surface area contributed by atoms with Gasteiger partial charge in [-0.3, -0.25) is 4.79 Å². The van der Waals surface area contributed by atoms with E-state index in [1.54, 1.807) is 12.5 Å². The highest BCUT2D eigenvalue weighted by molar-refractivity contribution is 5.76. The van der Waals surface area contributed by atoms with Gasteiger partial charge < -0.3 is 9.47 Å². The maximum Gasteiger partial charge on any atom is 0.242 e. The van der Waals surface area contributed by atoms with Crippen LogP contribution in [0.4, 0.5) is 0 Å². The molecule has 1 aliphatic heterocycles. The van der Waals surface area contributed by atoms with Crippen LogP contribution in [0.2, 0.25) is 0 Å². The van der Waals surface area contributed by atoms with Crippen LogP contribution in [0, 0.1) is 0 Å². The van der Waals surface area contributed by atoms with Crippen molar-refractivity contribution in [2.24, 2.45) is 0 Å². The second kappa shape index (κ2) is 4.64. The number of imidazole rings is 1. The van der Waals surface area contributed by atoms with E-state index in [4.69, 9.17) is 0 Å². The zero-order valence-electron chi connectivity index (χ0n) is 10.1. The molecule has 1 aromatic carbocycles. The first-order valence-corrected chi connectivity index (χ1v) is 6.13. The van der Waals surface area contributed by atoms with Crippen LogP contribution < -0.4 is 0 Å². The normalized spacial score (nSPS) is 14.3. The van der Waals surface area contributed by atoms with Crippen molar-refractivity contribution in [2.75, 3.05) is 6.54 Å². The molecule has 4 heteroatoms. The molecule has 0 spiro atoms. The van der Waals surface area contributed by atoms with E-state index in [-0.39, 0.29) is 5.91 Å². The molecule has 92 valence electrons. The van der Waals surface area contributed by atoms with Crippen LogP contribution in [0.25, 0.3) is 0 Å². The Labute approximate surface area is 106 Å². The molecule has 0 atom stereocenters. The van der Waals surface area contributed by atoms with Gasteiger partial charge in [0.2, 0.25) is 5.91 Å². The summed E-state index contributed by atoms with van der Waals surface area (Å²) in [5, 5.41) is 0. The molecule has 0 bridgehead atoms. The Balaban J connectivity index is 1.70. The van der Waals surface area contributed by atoms with Gasteiger partial charge in [-0.05, 0) is 17.5 Å². The van der Waals surface area contributed by atoms with Crippen LogP contribution in [0.5, 0.6) is 0 Å². The average molecular weight is 241 g/mol. The number of benzene rings is 1. The van der Waals surface area contributed by atoms with Crippen LogP contribution in [0.3, 0.4) is 0 Å². The van der Waals surface area contributed by atoms with Crippen LogP contribution in [0.15, 0.2) is 43.0 Å². The van der Waals surface area contributed by atoms with Gasteiger partial charge in [0.25, 0.3) is 0 Å². The van der Waals surface area contributed by atoms with Gasteiger partial charge in [0, 0.05) is 25.5 Å². The highest BCUT2D eigenvalue weighted by Crippen LogP contribution is 2.18. The second-order valence-corrected chi connectivity index (χ2v) is 4.57. The SMILES string of the molecule is O=C(Cn1ccnc1)N1CCc2ccccc2C1. The molecule has 4 nitrogen and oxygen atoms in total. The van der Waals surface area contributed by atoms with Crippen LogP contribution >= 0.6 is 0 Å². The molecule has 0 radical (unpaired) electrons. The minimum atomic E-state index is 0.155. The van der Waals surface area contributed by atoms with E-state index < -0.39 is 0 Å². The van der Waals surface area contributed by atoms with Gasteiger partial charge in [-0.1, -0.05) is 24.3 Å². The van der Waals surface area contributed by atoms with Crippen molar-refractivity contribution < 1.29 is 4.79 Å². The molecule has 1 aromatic heterocycles. The van der Waals surface area contributed by atoms with Gasteiger partial charge in [-0.25, -0.2) is 4.98 Å². The van der Waals surface area contributed by atoms with E-state index in [0.717, 1.165) is 19.5 Å². The van der Waals surface area contributed by atoms with Crippen molar-refractivity contribution >= 4 is 5.91 Å². The molecule has 2 heterocycles. The number of carbonyl (C=O) groups is 1. The molecule has 0 unspecified atom stereocenters. The Bertz CT molecular complexity index is 548. The fraction of sp³-hybridized carbons (Fsp3) is 0.286. The van der Waals surface area contributed by atoms with E-state index in [1.807, 2.05) is 21.7 Å². The zero-order chi connectivity index (χ0) is 12.4. The number of nitrogens with zero attached hydrogens (tertiary/aromatic N) is 3. The first-order chi connectivity index (χ1) is 8.83. The predicted molar refractivity (Wildman–Crippen MR) is 67.8 cm³/mol. The predicted octanol–water partition coefficient (Wildman–Crippen LogP) is 1.47. The first-order valence-electron chi connectivity index (χ1n) is 6.13. The quantitative estimate of drug-likeness (QED) is 0.798. The van der Waals surface area contributed by atoms with E-state index in [9.17, 15) is 4.79 Å². The van der Waals surface area contributed by atoms with Crippen molar-refractivity contribution in [3.05, 3.63) is 54.1 Å². The lowest BCUT2D eigenvalue weighted by molar-refractivity contribution is -0.132. The molecule has 18 heavy (non-hydrogen) atoms. The summed E-state index contributed by atoms with van der Waals surface area (Å²) in [5.74, 6) is 0.155. The number of amides is 1. The summed E-state index contributed by atoms with van der Waals surface area (Å²) in [6, 6.07) is 8.34. The van der Waals surface area contributed by atoms with Crippen molar-refractivity contribution in [3.8, 4) is 0 Å². The topological polar surface area (TPSA) is 38.1 Å². The number of carbonyl (C=O) groups excluding carboxylic acids is 1. The van der Waals surface area contributed by atoms with Crippen molar-refractivity contribution in [1.82, 2.24) is 14.5 Å². The number of fused-ring (bicyclic) bond motifs is 1. The highest BCUT2D eigenvalue weighted by atomic mass is 16.2. The first kappa shape index (κ1) is 11.0. The molecule has 0 N–H and O–H groups in total. The summed E-state index contributed by atoms with van der Waals surface area (Å²) in [6.45, 7) is 1.91. The van der Waals surface area contributed by atoms with Gasteiger partial charge in [-0.2, -0.15) is 0 Å². The average Bonchev–Trinajstić information content (AvgIpc) is 2.91. The van der Waals surface area contributed by atoms with Crippen LogP contribution in [0.1, 0.15) is 11.1 Å². The third kappa shape index (κ3) is 2.14. The molecule has 1 amide bonds. The molecule has 3 rings (SSSR count). The monoisotopic (exact) mass is 241 g/mol. The van der Waals surface area contributed by atoms with Gasteiger partial charge >= 0.3 is 0 Å². The molecular formula is C14H15N3O. The molecule has 0 aliphatic carbocycles. The van der Waals surface area contributed by atoms with Crippen molar-refractivity contribution in [1.29, 1.82) is 0 Å². The summed E-state index contributed by atoms with van der Waals surface area (Å²) in [6.07, 6.45) is 6.14. The Morgan fingerprint density at radius 1 is 1.28 bits per heavy atom. The lowest BCUT2D eigenvalue weighted by atomic mass is 10.00. The lowest BCUT2D eigenvalue weighted by Gasteiger charge is -2.29. The van der Waals surface area contributed by atoms with Gasteiger partial charge in [-0.15, -0.1) is 0 Å². The smallest absolute Gasteiger partial charge is 0.242 e. The summed E-state index contributed by atoms with van der Waals surface area (Å²) < 4.78 is 1.81. The zero-order valence-corrected chi connectivity index (χ0v) is 10.1. The fourth-order valence-corrected chi connectivity index (χ4v) is 2.35. The third-order valence-electron chi connectivity index (χ3n) is 3.36. The Kier molecular flexibility index (Phi) is 2.84. The fourth-order valence-electron chi connectivity index (χ4n) is 2.35. The van der Waals surface area contributed by atoms with Crippen LogP contribution in [-0.2, 0) is 24.3 Å². The summed E-state index contributed by atoms with van der Waals surface area (Å²) in [5.41, 5.74) is 2.63. The van der Waals surface area contributed by atoms with Crippen LogP contribution in [-0.4, -0.2) is 26.9 Å². The summed E-state index contributed by atoms with van der Waals surface area (Å²) in [4.78, 5) is 18.0. The molecule has 2 aromatic rings. The molecular weight excluding hydrogens is 226 g/mol. The lowest BCUT2D eigenvalue weighted by Crippen LogP contribution is -2.37. The Morgan fingerprint density at radius 2 is 2.11 bits per heavy atom. The highest BCUT2D eigenvalue weighted by Gasteiger charge is 2.20. The maximum atomic E-state index is 12.2. The molecule has 0 saturated heterocycles. The van der Waals surface area contributed by atoms with Gasteiger partial charge in [0.05, 0.1) is 6.33 Å². The molecule has 0 saturated carbocycles. The van der Waals surface area contributed by atoms with Gasteiger partial charge in [0.1, 0.15) is 6.54 Å². The number of aromatic nitrogens is 2.